The molecule has 3 N–H and O–H groups in total. The molecule has 0 amide bonds. The molecule has 2 aliphatic rings. The van der Waals surface area contributed by atoms with Crippen molar-refractivity contribution < 1.29 is 42.9 Å². The average molecular weight is 604 g/mol. The van der Waals surface area contributed by atoms with Crippen molar-refractivity contribution >= 4 is 48.0 Å². The van der Waals surface area contributed by atoms with Crippen LogP contribution >= 0.6 is 19.2 Å². The molecular formula is C24H35ClN5O9P. The number of aliphatic carboxylic acids is 2. The zero-order valence-corrected chi connectivity index (χ0v) is 24.1. The molecule has 16 heteroatoms. The van der Waals surface area contributed by atoms with Gasteiger partial charge in [-0.25, -0.2) is 4.68 Å². The lowest BCUT2D eigenvalue weighted by Gasteiger charge is -2.23. The first-order valence-corrected chi connectivity index (χ1v) is 15.5. The SMILES string of the molecule is CCOP(=O)(COC1O[C@@H](Cn2ncc3c(NC4CCCC4)nc(Cl)nc32)[C@@H](CC(=O)O)[C@@H]1CC(=O)O)OCC. The molecule has 4 atom stereocenters. The number of rotatable bonds is 15. The number of carboxylic acid groups (broad SMARTS) is 2. The van der Waals surface area contributed by atoms with E-state index in [9.17, 15) is 24.4 Å². The summed E-state index contributed by atoms with van der Waals surface area (Å²) in [6.07, 6.45) is 2.66. The second-order valence-electron chi connectivity index (χ2n) is 9.84. The third kappa shape index (κ3) is 7.48. The van der Waals surface area contributed by atoms with Gasteiger partial charge in [-0.3, -0.25) is 14.2 Å². The van der Waals surface area contributed by atoms with Crippen molar-refractivity contribution in [2.24, 2.45) is 11.8 Å². The zero-order chi connectivity index (χ0) is 28.9. The highest BCUT2D eigenvalue weighted by atomic mass is 35.5. The summed E-state index contributed by atoms with van der Waals surface area (Å²) in [7, 11) is -3.63. The number of carbonyl (C=O) groups is 2. The number of hydrogen-bond donors (Lipinski definition) is 3. The van der Waals surface area contributed by atoms with E-state index in [1.54, 1.807) is 20.0 Å². The zero-order valence-electron chi connectivity index (χ0n) is 22.4. The van der Waals surface area contributed by atoms with Gasteiger partial charge in [0.15, 0.2) is 18.3 Å². The number of fused-ring (bicyclic) bond motifs is 1. The average Bonchev–Trinajstić information content (AvgIpc) is 3.60. The van der Waals surface area contributed by atoms with Crippen LogP contribution in [0.5, 0.6) is 0 Å². The normalized spacial score (nSPS) is 23.7. The second-order valence-corrected chi connectivity index (χ2v) is 12.2. The first-order valence-electron chi connectivity index (χ1n) is 13.4. The number of anilines is 1. The maximum absolute atomic E-state index is 12.9. The van der Waals surface area contributed by atoms with E-state index < -0.39 is 56.5 Å². The molecule has 14 nitrogen and oxygen atoms in total. The van der Waals surface area contributed by atoms with Crippen molar-refractivity contribution in [2.75, 3.05) is 24.9 Å². The Morgan fingerprint density at radius 2 is 1.77 bits per heavy atom. The van der Waals surface area contributed by atoms with E-state index in [4.69, 9.17) is 30.1 Å². The maximum Gasteiger partial charge on any atom is 0.356 e. The van der Waals surface area contributed by atoms with E-state index in [1.807, 2.05) is 0 Å². The van der Waals surface area contributed by atoms with E-state index in [0.717, 1.165) is 25.7 Å². The Labute approximate surface area is 236 Å². The van der Waals surface area contributed by atoms with E-state index >= 15 is 0 Å². The Hall–Kier alpha value is -2.35. The summed E-state index contributed by atoms with van der Waals surface area (Å²) in [6.45, 7) is 3.58. The lowest BCUT2D eigenvalue weighted by molar-refractivity contribution is -0.154. The molecule has 1 saturated heterocycles. The highest BCUT2D eigenvalue weighted by molar-refractivity contribution is 7.53. The molecule has 4 rings (SSSR count). The van der Waals surface area contributed by atoms with Crippen molar-refractivity contribution in [3.8, 4) is 0 Å². The highest BCUT2D eigenvalue weighted by Crippen LogP contribution is 2.49. The molecule has 222 valence electrons. The largest absolute Gasteiger partial charge is 0.481 e. The van der Waals surface area contributed by atoms with Crippen molar-refractivity contribution in [2.45, 2.75) is 77.4 Å². The quantitative estimate of drug-likeness (QED) is 0.196. The molecule has 0 spiro atoms. The monoisotopic (exact) mass is 603 g/mol. The molecule has 1 saturated carbocycles. The number of aromatic nitrogens is 4. The van der Waals surface area contributed by atoms with Crippen LogP contribution in [0.25, 0.3) is 11.0 Å². The van der Waals surface area contributed by atoms with Crippen molar-refractivity contribution in [1.29, 1.82) is 0 Å². The summed E-state index contributed by atoms with van der Waals surface area (Å²) >= 11 is 6.24. The van der Waals surface area contributed by atoms with Crippen molar-refractivity contribution in [3.63, 3.8) is 0 Å². The molecule has 0 aromatic carbocycles. The number of nitrogens with zero attached hydrogens (tertiary/aromatic N) is 4. The highest BCUT2D eigenvalue weighted by Gasteiger charge is 2.48. The van der Waals surface area contributed by atoms with E-state index in [-0.39, 0.29) is 37.5 Å². The lowest BCUT2D eigenvalue weighted by Crippen LogP contribution is -2.30. The van der Waals surface area contributed by atoms with Crippen LogP contribution in [0, 0.1) is 11.8 Å². The molecule has 0 radical (unpaired) electrons. The topological polar surface area (TPSA) is 184 Å². The van der Waals surface area contributed by atoms with Gasteiger partial charge in [0.05, 0.1) is 50.3 Å². The van der Waals surface area contributed by atoms with Gasteiger partial charge >= 0.3 is 19.5 Å². The summed E-state index contributed by atoms with van der Waals surface area (Å²) in [5.74, 6) is -3.32. The van der Waals surface area contributed by atoms with Crippen molar-refractivity contribution in [3.05, 3.63) is 11.5 Å². The third-order valence-electron chi connectivity index (χ3n) is 7.07. The van der Waals surface area contributed by atoms with E-state index in [2.05, 4.69) is 20.4 Å². The summed E-state index contributed by atoms with van der Waals surface area (Å²) in [6, 6.07) is 0.273. The van der Waals surface area contributed by atoms with Crippen LogP contribution in [-0.4, -0.2) is 79.9 Å². The summed E-state index contributed by atoms with van der Waals surface area (Å²) in [5.41, 5.74) is 0.425. The summed E-state index contributed by atoms with van der Waals surface area (Å²) < 4.78 is 36.9. The number of halogens is 1. The van der Waals surface area contributed by atoms with Gasteiger partial charge in [0, 0.05) is 17.9 Å². The number of carboxylic acids is 2. The molecular weight excluding hydrogens is 569 g/mol. The Bertz CT molecular complexity index is 1230. The van der Waals surface area contributed by atoms with Gasteiger partial charge in [-0.05, 0) is 38.3 Å². The van der Waals surface area contributed by atoms with Gasteiger partial charge in [0.1, 0.15) is 5.82 Å². The number of nitrogens with one attached hydrogen (secondary N) is 1. The predicted molar refractivity (Wildman–Crippen MR) is 143 cm³/mol. The first-order chi connectivity index (χ1) is 19.1. The van der Waals surface area contributed by atoms with Crippen LogP contribution in [0.2, 0.25) is 5.28 Å². The molecule has 1 aliphatic carbocycles. The summed E-state index contributed by atoms with van der Waals surface area (Å²) in [4.78, 5) is 32.2. The lowest BCUT2D eigenvalue weighted by atomic mass is 9.85. The number of ether oxygens (including phenoxy) is 2. The Kier molecular flexibility index (Phi) is 10.4. The molecule has 2 fully saturated rings. The molecule has 1 aliphatic heterocycles. The van der Waals surface area contributed by atoms with Gasteiger partial charge < -0.3 is 34.1 Å². The second kappa shape index (κ2) is 13.5. The smallest absolute Gasteiger partial charge is 0.356 e. The van der Waals surface area contributed by atoms with E-state index in [0.29, 0.717) is 16.9 Å². The van der Waals surface area contributed by atoms with Gasteiger partial charge in [0.2, 0.25) is 5.28 Å². The molecule has 2 aromatic heterocycles. The van der Waals surface area contributed by atoms with Crippen molar-refractivity contribution in [1.82, 2.24) is 19.7 Å². The third-order valence-corrected chi connectivity index (χ3v) is 9.01. The molecule has 40 heavy (non-hydrogen) atoms. The van der Waals surface area contributed by atoms with Crippen LogP contribution in [0.15, 0.2) is 6.20 Å². The standard InChI is InChI=1S/C24H35ClN5O9P/c1-3-37-40(35,38-4-2)13-36-23-16(10-20(33)34)15(9-19(31)32)18(39-23)12-30-22-17(11-26-30)21(28-24(25)29-22)27-14-7-5-6-8-14/h11,14-16,18,23H,3-10,12-13H2,1-2H3,(H,31,32)(H,33,34)(H,27,28,29)/t15-,16-,18-,23?/m0/s1. The Morgan fingerprint density at radius 1 is 1.12 bits per heavy atom. The predicted octanol–water partition coefficient (Wildman–Crippen LogP) is 3.98. The minimum Gasteiger partial charge on any atom is -0.481 e. The summed E-state index contributed by atoms with van der Waals surface area (Å²) in [5, 5.41) is 27.8. The molecule has 0 bridgehead atoms. The van der Waals surface area contributed by atoms with Crippen LogP contribution in [0.1, 0.15) is 52.4 Å². The van der Waals surface area contributed by atoms with Crippen LogP contribution in [0.4, 0.5) is 5.82 Å². The fraction of sp³-hybridized carbons (Fsp3) is 0.708. The van der Waals surface area contributed by atoms with Crippen LogP contribution < -0.4 is 5.32 Å². The minimum absolute atomic E-state index is 0.0248. The molecule has 2 aromatic rings. The number of hydrogen-bond acceptors (Lipinski definition) is 11. The Morgan fingerprint density at radius 3 is 2.40 bits per heavy atom. The molecule has 1 unspecified atom stereocenters. The van der Waals surface area contributed by atoms with E-state index in [1.165, 1.54) is 4.68 Å². The maximum atomic E-state index is 12.9. The van der Waals surface area contributed by atoms with Gasteiger partial charge in [-0.1, -0.05) is 12.8 Å². The fourth-order valence-electron chi connectivity index (χ4n) is 5.40. The van der Waals surface area contributed by atoms with Gasteiger partial charge in [-0.15, -0.1) is 0 Å². The fourth-order valence-corrected chi connectivity index (χ4v) is 6.91. The van der Waals surface area contributed by atoms with Gasteiger partial charge in [-0.2, -0.15) is 15.1 Å². The Balaban J connectivity index is 1.60. The van der Waals surface area contributed by atoms with Crippen LogP contribution in [-0.2, 0) is 39.2 Å². The molecule has 3 heterocycles. The van der Waals surface area contributed by atoms with Crippen LogP contribution in [0.3, 0.4) is 0 Å². The first kappa shape index (κ1) is 30.6. The minimum atomic E-state index is -3.63. The van der Waals surface area contributed by atoms with Gasteiger partial charge in [0.25, 0.3) is 0 Å².